The summed E-state index contributed by atoms with van der Waals surface area (Å²) in [6.45, 7) is 0. The molecule has 0 bridgehead atoms. The van der Waals surface area contributed by atoms with E-state index < -0.39 is 11.4 Å². The van der Waals surface area contributed by atoms with Crippen molar-refractivity contribution in [3.05, 3.63) is 79.0 Å². The minimum atomic E-state index is -0.528. The minimum absolute atomic E-state index is 0.00879. The number of rotatable bonds is 2. The summed E-state index contributed by atoms with van der Waals surface area (Å²) in [6, 6.07) is 11.0. The normalized spacial score (nSPS) is 13.9. The molecule has 2 aromatic carbocycles. The zero-order valence-electron chi connectivity index (χ0n) is 13.6. The molecule has 2 heterocycles. The molecule has 27 heavy (non-hydrogen) atoms. The molecule has 1 aliphatic rings. The van der Waals surface area contributed by atoms with Crippen molar-refractivity contribution in [3.8, 4) is 11.6 Å². The molecule has 0 amide bonds. The number of aromatic nitrogens is 2. The first kappa shape index (κ1) is 17.6. The average Bonchev–Trinajstić information content (AvgIpc) is 3.02. The van der Waals surface area contributed by atoms with E-state index in [0.29, 0.717) is 11.3 Å². The fourth-order valence-electron chi connectivity index (χ4n) is 2.83. The summed E-state index contributed by atoms with van der Waals surface area (Å²) in [6.07, 6.45) is 3.17. The van der Waals surface area contributed by atoms with Gasteiger partial charge < -0.3 is 5.11 Å². The van der Waals surface area contributed by atoms with Crippen LogP contribution in [0.25, 0.3) is 17.3 Å². The van der Waals surface area contributed by atoms with Crippen LogP contribution in [-0.2, 0) is 0 Å². The van der Waals surface area contributed by atoms with E-state index in [1.165, 1.54) is 28.8 Å². The molecule has 0 radical (unpaired) electrons. The van der Waals surface area contributed by atoms with Gasteiger partial charge in [0.25, 0.3) is 5.56 Å². The van der Waals surface area contributed by atoms with E-state index >= 15 is 0 Å². The summed E-state index contributed by atoms with van der Waals surface area (Å²) >= 11 is 8.58. The Bertz CT molecular complexity index is 1240. The zero-order chi connectivity index (χ0) is 19.1. The highest BCUT2D eigenvalue weighted by Crippen LogP contribution is 2.35. The second-order valence-corrected chi connectivity index (χ2v) is 7.13. The first-order valence-electron chi connectivity index (χ1n) is 7.84. The van der Waals surface area contributed by atoms with Crippen LogP contribution in [0.4, 0.5) is 10.1 Å². The van der Waals surface area contributed by atoms with Gasteiger partial charge in [-0.25, -0.2) is 4.39 Å². The van der Waals surface area contributed by atoms with Crippen molar-refractivity contribution >= 4 is 51.7 Å². The van der Waals surface area contributed by atoms with Gasteiger partial charge in [0.05, 0.1) is 11.4 Å². The highest BCUT2D eigenvalue weighted by Gasteiger charge is 2.17. The summed E-state index contributed by atoms with van der Waals surface area (Å²) in [5.74, 6) is -0.749. The second kappa shape index (κ2) is 6.71. The number of nitrogens with zero attached hydrogens (tertiary/aromatic N) is 2. The molecular weight excluding hydrogens is 433 g/mol. The smallest absolute Gasteiger partial charge is 0.262 e. The number of aromatic amines is 1. The molecule has 3 aromatic rings. The molecule has 5 nitrogen and oxygen atoms in total. The molecule has 0 saturated heterocycles. The van der Waals surface area contributed by atoms with Crippen molar-refractivity contribution in [2.45, 2.75) is 0 Å². The maximum Gasteiger partial charge on any atom is 0.262 e. The number of H-pyrrole nitrogens is 1. The lowest BCUT2D eigenvalue weighted by molar-refractivity contribution is 0.432. The van der Waals surface area contributed by atoms with Gasteiger partial charge >= 0.3 is 0 Å². The van der Waals surface area contributed by atoms with Crippen LogP contribution in [-0.4, -0.2) is 20.9 Å². The summed E-state index contributed by atoms with van der Waals surface area (Å²) < 4.78 is 15.4. The highest BCUT2D eigenvalue weighted by molar-refractivity contribution is 9.10. The number of hydrogen-bond acceptors (Lipinski definition) is 4. The molecule has 1 aliphatic heterocycles. The molecule has 0 unspecified atom stereocenters. The van der Waals surface area contributed by atoms with Crippen molar-refractivity contribution < 1.29 is 9.50 Å². The van der Waals surface area contributed by atoms with Crippen molar-refractivity contribution in [1.29, 1.82) is 0 Å². The Morgan fingerprint density at radius 1 is 1.22 bits per heavy atom. The summed E-state index contributed by atoms with van der Waals surface area (Å²) in [5.41, 5.74) is 2.21. The Morgan fingerprint density at radius 2 is 1.96 bits per heavy atom. The maximum atomic E-state index is 13.2. The predicted octanol–water partition coefficient (Wildman–Crippen LogP) is 4.76. The number of aliphatic imine (C=N–C) groups is 1. The van der Waals surface area contributed by atoms with E-state index in [1.807, 2.05) is 18.2 Å². The van der Waals surface area contributed by atoms with Crippen molar-refractivity contribution in [3.63, 3.8) is 0 Å². The zero-order valence-corrected chi connectivity index (χ0v) is 16.0. The Hall–Kier alpha value is -2.84. The second-order valence-electron chi connectivity index (χ2n) is 5.83. The molecule has 0 atom stereocenters. The molecule has 0 fully saturated rings. The van der Waals surface area contributed by atoms with E-state index in [9.17, 15) is 14.3 Å². The first-order valence-corrected chi connectivity index (χ1v) is 9.04. The van der Waals surface area contributed by atoms with E-state index in [4.69, 9.17) is 12.2 Å². The third-order valence-electron chi connectivity index (χ3n) is 4.12. The minimum Gasteiger partial charge on any atom is -0.494 e. The number of hydrogen-bond donors (Lipinski definition) is 2. The number of fused-ring (bicyclic) bond motifs is 1. The molecule has 1 aromatic heterocycles. The Morgan fingerprint density at radius 3 is 2.70 bits per heavy atom. The SMILES string of the molecule is O=c1[nH]c(=S)n(-c2ccc(F)cc2)c(O)c1C=C1C=Nc2ccc(Br)cc21. The van der Waals surface area contributed by atoms with E-state index in [1.54, 1.807) is 12.3 Å². The number of aromatic hydroxyl groups is 1. The fraction of sp³-hybridized carbons (Fsp3) is 0. The number of benzene rings is 2. The van der Waals surface area contributed by atoms with Crippen LogP contribution < -0.4 is 5.56 Å². The third-order valence-corrected chi connectivity index (χ3v) is 4.90. The Labute approximate surface area is 166 Å². The van der Waals surface area contributed by atoms with Crippen LogP contribution >= 0.6 is 28.1 Å². The van der Waals surface area contributed by atoms with Gasteiger partial charge in [0.1, 0.15) is 11.4 Å². The number of nitrogens with one attached hydrogen (secondary N) is 1. The van der Waals surface area contributed by atoms with Crippen LogP contribution in [0.15, 0.2) is 56.7 Å². The van der Waals surface area contributed by atoms with Gasteiger partial charge in [-0.2, -0.15) is 0 Å². The van der Waals surface area contributed by atoms with Crippen LogP contribution in [0.1, 0.15) is 11.1 Å². The van der Waals surface area contributed by atoms with E-state index in [0.717, 1.165) is 15.7 Å². The van der Waals surface area contributed by atoms with Crippen LogP contribution in [0.3, 0.4) is 0 Å². The summed E-state index contributed by atoms with van der Waals surface area (Å²) in [4.78, 5) is 19.3. The lowest BCUT2D eigenvalue weighted by Gasteiger charge is -2.11. The van der Waals surface area contributed by atoms with Gasteiger partial charge in [0.2, 0.25) is 5.88 Å². The number of allylic oxidation sites excluding steroid dienone is 1. The molecule has 0 spiro atoms. The number of halogens is 2. The molecule has 2 N–H and O–H groups in total. The van der Waals surface area contributed by atoms with Crippen molar-refractivity contribution in [2.24, 2.45) is 4.99 Å². The average molecular weight is 444 g/mol. The quantitative estimate of drug-likeness (QED) is 0.560. The van der Waals surface area contributed by atoms with Crippen LogP contribution in [0, 0.1) is 10.6 Å². The van der Waals surface area contributed by atoms with E-state index in [2.05, 4.69) is 25.9 Å². The monoisotopic (exact) mass is 443 g/mol. The largest absolute Gasteiger partial charge is 0.494 e. The van der Waals surface area contributed by atoms with Crippen molar-refractivity contribution in [2.75, 3.05) is 0 Å². The van der Waals surface area contributed by atoms with Gasteiger partial charge in [-0.15, -0.1) is 0 Å². The topological polar surface area (TPSA) is 70.4 Å². The van der Waals surface area contributed by atoms with E-state index in [-0.39, 0.29) is 16.2 Å². The Kier molecular flexibility index (Phi) is 4.37. The van der Waals surface area contributed by atoms with Gasteiger partial charge in [-0.1, -0.05) is 15.9 Å². The predicted molar refractivity (Wildman–Crippen MR) is 109 cm³/mol. The lowest BCUT2D eigenvalue weighted by atomic mass is 10.1. The van der Waals surface area contributed by atoms with Gasteiger partial charge in [0, 0.05) is 21.8 Å². The summed E-state index contributed by atoms with van der Waals surface area (Å²) in [5, 5.41) is 10.7. The molecule has 8 heteroatoms. The molecule has 4 rings (SSSR count). The molecule has 0 aliphatic carbocycles. The van der Waals surface area contributed by atoms with Crippen LogP contribution in [0.2, 0.25) is 0 Å². The molecular formula is C19H11BrFN3O2S. The van der Waals surface area contributed by atoms with Gasteiger partial charge in [0.15, 0.2) is 4.77 Å². The maximum absolute atomic E-state index is 13.2. The van der Waals surface area contributed by atoms with Gasteiger partial charge in [-0.3, -0.25) is 19.3 Å². The standard InChI is InChI=1S/C19H11BrFN3O2S/c20-11-1-6-16-14(8-11)10(9-22-16)7-15-17(25)23-19(27)24(18(15)26)13-4-2-12(21)3-5-13/h1-9,26H,(H,23,25,27). The van der Waals surface area contributed by atoms with Gasteiger partial charge in [-0.05, 0) is 60.8 Å². The fourth-order valence-corrected chi connectivity index (χ4v) is 3.48. The van der Waals surface area contributed by atoms with Crippen LogP contribution in [0.5, 0.6) is 5.88 Å². The summed E-state index contributed by atoms with van der Waals surface area (Å²) in [7, 11) is 0. The Balaban J connectivity index is 1.91. The molecule has 134 valence electrons. The first-order chi connectivity index (χ1) is 12.9. The third kappa shape index (κ3) is 3.17. The highest BCUT2D eigenvalue weighted by atomic mass is 79.9. The van der Waals surface area contributed by atoms with Crippen molar-refractivity contribution in [1.82, 2.24) is 9.55 Å². The lowest BCUT2D eigenvalue weighted by Crippen LogP contribution is -2.16. The molecule has 0 saturated carbocycles.